The molecule has 0 N–H and O–H groups in total. The van der Waals surface area contributed by atoms with E-state index in [2.05, 4.69) is 4.99 Å². The molecule has 0 radical (unpaired) electrons. The van der Waals surface area contributed by atoms with Gasteiger partial charge in [0.15, 0.2) is 0 Å². The van der Waals surface area contributed by atoms with Gasteiger partial charge in [0.05, 0.1) is 10.3 Å². The van der Waals surface area contributed by atoms with Crippen LogP contribution in [-0.4, -0.2) is 27.0 Å². The van der Waals surface area contributed by atoms with Crippen molar-refractivity contribution >= 4 is 45.3 Å². The fraction of sp³-hybridized carbons (Fsp3) is 0.125. The van der Waals surface area contributed by atoms with Gasteiger partial charge in [-0.2, -0.15) is 0 Å². The Morgan fingerprint density at radius 1 is 1.08 bits per heavy atom. The third-order valence-electron chi connectivity index (χ3n) is 3.91. The van der Waals surface area contributed by atoms with Crippen LogP contribution in [0.25, 0.3) is 10.2 Å². The predicted octanol–water partition coefficient (Wildman–Crippen LogP) is 3.59. The van der Waals surface area contributed by atoms with Crippen LogP contribution in [0.3, 0.4) is 0 Å². The fourth-order valence-corrected chi connectivity index (χ4v) is 3.76. The highest BCUT2D eigenvalue weighted by atomic mass is 32.1. The van der Waals surface area contributed by atoms with E-state index in [0.717, 1.165) is 14.9 Å². The van der Waals surface area contributed by atoms with E-state index >= 15 is 0 Å². The molecule has 0 atom stereocenters. The van der Waals surface area contributed by atoms with Gasteiger partial charge in [-0.05, 0) is 47.7 Å². The number of hydrogen-bond acceptors (Lipinski definition) is 4. The summed E-state index contributed by atoms with van der Waals surface area (Å²) >= 11 is 1.23. The van der Waals surface area contributed by atoms with Crippen LogP contribution in [0.1, 0.15) is 5.56 Å². The first-order chi connectivity index (χ1) is 11.5. The van der Waals surface area contributed by atoms with Crippen LogP contribution in [0.15, 0.2) is 53.5 Å². The van der Waals surface area contributed by atoms with E-state index in [9.17, 15) is 8.63 Å². The molecule has 2 aromatic carbocycles. The van der Waals surface area contributed by atoms with Gasteiger partial charge in [0.1, 0.15) is 5.52 Å². The van der Waals surface area contributed by atoms with E-state index in [1.807, 2.05) is 37.2 Å². The molecule has 0 spiro atoms. The van der Waals surface area contributed by atoms with Crippen LogP contribution in [0.4, 0.5) is 19.5 Å². The lowest BCUT2D eigenvalue weighted by Gasteiger charge is -2.25. The van der Waals surface area contributed by atoms with Gasteiger partial charge in [0.25, 0.3) is 5.90 Å². The van der Waals surface area contributed by atoms with Crippen molar-refractivity contribution in [3.8, 4) is 0 Å². The molecule has 0 saturated heterocycles. The van der Waals surface area contributed by atoms with Gasteiger partial charge in [-0.15, -0.1) is 0 Å². The summed E-state index contributed by atoms with van der Waals surface area (Å²) in [4.78, 5) is 6.26. The molecule has 3 aromatic rings. The highest BCUT2D eigenvalue weighted by Crippen LogP contribution is 2.32. The Labute approximate surface area is 141 Å². The lowest BCUT2D eigenvalue weighted by molar-refractivity contribution is -0.536. The maximum atomic E-state index is 14.6. The van der Waals surface area contributed by atoms with Crippen LogP contribution in [0, 0.1) is 0 Å². The van der Waals surface area contributed by atoms with Crippen molar-refractivity contribution in [3.05, 3.63) is 54.1 Å². The SMILES string of the molecule is CN(C)c1ccc(C2=Nc3sc4ccccc4[n+]3[B-](F)(F)O2)cc1. The molecule has 24 heavy (non-hydrogen) atoms. The van der Waals surface area contributed by atoms with Gasteiger partial charge in [0.2, 0.25) is 0 Å². The molecule has 0 fully saturated rings. The average molecular weight is 345 g/mol. The smallest absolute Gasteiger partial charge is 0.590 e. The minimum Gasteiger partial charge on any atom is -0.590 e. The van der Waals surface area contributed by atoms with Crippen LogP contribution >= 0.6 is 11.3 Å². The highest BCUT2D eigenvalue weighted by molar-refractivity contribution is 7.21. The van der Waals surface area contributed by atoms with Crippen molar-refractivity contribution in [1.82, 2.24) is 0 Å². The number of rotatable bonds is 2. The van der Waals surface area contributed by atoms with Crippen LogP contribution in [0.5, 0.6) is 0 Å². The molecule has 8 heteroatoms. The zero-order valence-electron chi connectivity index (χ0n) is 13.1. The molecular formula is C16H14BF2N3OS. The largest absolute Gasteiger partial charge is 0.737 e. The molecule has 4 nitrogen and oxygen atoms in total. The normalized spacial score (nSPS) is 15.6. The first-order valence-electron chi connectivity index (χ1n) is 7.45. The van der Waals surface area contributed by atoms with Gasteiger partial charge < -0.3 is 22.7 Å². The first-order valence-corrected chi connectivity index (χ1v) is 8.27. The van der Waals surface area contributed by atoms with Crippen molar-refractivity contribution < 1.29 is 17.8 Å². The summed E-state index contributed by atoms with van der Waals surface area (Å²) in [6, 6.07) is 14.2. The molecule has 0 unspecified atom stereocenters. The molecule has 122 valence electrons. The molecule has 4 rings (SSSR count). The lowest BCUT2D eigenvalue weighted by atomic mass is 10.0. The maximum absolute atomic E-state index is 14.6. The number of para-hydroxylation sites is 1. The topological polar surface area (TPSA) is 28.7 Å². The van der Waals surface area contributed by atoms with E-state index in [0.29, 0.717) is 11.1 Å². The highest BCUT2D eigenvalue weighted by Gasteiger charge is 2.48. The minimum atomic E-state index is -4.22. The number of anilines is 1. The van der Waals surface area contributed by atoms with Crippen molar-refractivity contribution in [2.75, 3.05) is 19.0 Å². The molecule has 0 saturated carbocycles. The summed E-state index contributed by atoms with van der Waals surface area (Å²) in [6.07, 6.45) is 0. The third-order valence-corrected chi connectivity index (χ3v) is 4.95. The monoisotopic (exact) mass is 345 g/mol. The number of thiazole rings is 1. The Bertz CT molecular complexity index is 954. The number of aromatic nitrogens is 1. The third kappa shape index (κ3) is 2.34. The van der Waals surface area contributed by atoms with Gasteiger partial charge in [-0.1, -0.05) is 12.1 Å². The number of hydrogen-bond donors (Lipinski definition) is 0. The number of aliphatic imine (C=N–C) groups is 1. The fourth-order valence-electron chi connectivity index (χ4n) is 2.70. The lowest BCUT2D eigenvalue weighted by Crippen LogP contribution is -2.62. The zero-order valence-corrected chi connectivity index (χ0v) is 13.9. The van der Waals surface area contributed by atoms with Crippen LogP contribution in [0.2, 0.25) is 0 Å². The Morgan fingerprint density at radius 3 is 2.50 bits per heavy atom. The molecule has 0 bridgehead atoms. The second-order valence-corrected chi connectivity index (χ2v) is 6.77. The van der Waals surface area contributed by atoms with Crippen LogP contribution < -0.4 is 9.38 Å². The maximum Gasteiger partial charge on any atom is 0.737 e. The van der Waals surface area contributed by atoms with Gasteiger partial charge >= 0.3 is 12.2 Å². The van der Waals surface area contributed by atoms with E-state index in [1.54, 1.807) is 30.3 Å². The average Bonchev–Trinajstić information content (AvgIpc) is 2.93. The molecule has 0 amide bonds. The molecule has 1 aliphatic heterocycles. The minimum absolute atomic E-state index is 0.0446. The second-order valence-electron chi connectivity index (χ2n) is 5.76. The van der Waals surface area contributed by atoms with E-state index in [1.165, 1.54) is 11.3 Å². The van der Waals surface area contributed by atoms with Crippen molar-refractivity contribution in [2.24, 2.45) is 4.99 Å². The van der Waals surface area contributed by atoms with E-state index < -0.39 is 7.04 Å². The number of fused-ring (bicyclic) bond motifs is 3. The van der Waals surface area contributed by atoms with E-state index in [4.69, 9.17) is 4.65 Å². The predicted molar refractivity (Wildman–Crippen MR) is 93.4 cm³/mol. The summed E-state index contributed by atoms with van der Waals surface area (Å²) in [7, 11) is -0.382. The molecule has 1 aliphatic rings. The number of nitrogens with zero attached hydrogens (tertiary/aromatic N) is 3. The first kappa shape index (κ1) is 15.1. The molecule has 0 aliphatic carbocycles. The van der Waals surface area contributed by atoms with Crippen molar-refractivity contribution in [3.63, 3.8) is 0 Å². The summed E-state index contributed by atoms with van der Waals surface area (Å²) in [5.41, 5.74) is 1.95. The summed E-state index contributed by atoms with van der Waals surface area (Å²) in [6.45, 7) is 0. The van der Waals surface area contributed by atoms with Crippen molar-refractivity contribution in [1.29, 1.82) is 0 Å². The summed E-state index contributed by atoms with van der Waals surface area (Å²) in [5.74, 6) is -0.0446. The van der Waals surface area contributed by atoms with Gasteiger partial charge in [-0.3, -0.25) is 0 Å². The van der Waals surface area contributed by atoms with E-state index in [-0.39, 0.29) is 11.0 Å². The van der Waals surface area contributed by atoms with Crippen molar-refractivity contribution in [2.45, 2.75) is 0 Å². The standard InChI is InChI=1S/C16H14BF2N3OS/c1-21(2)12-9-7-11(8-10-12)15-20-16-22(17(18,19)23-15)13-5-3-4-6-14(13)24-16/h3-10H,1-2H3. The zero-order chi connectivity index (χ0) is 16.9. The number of halogens is 2. The number of benzene rings is 2. The second kappa shape index (κ2) is 5.27. The summed E-state index contributed by atoms with van der Waals surface area (Å²) < 4.78 is 35.9. The molecule has 2 heterocycles. The summed E-state index contributed by atoms with van der Waals surface area (Å²) in [5, 5.41) is 0.249. The Hall–Kier alpha value is -2.48. The quantitative estimate of drug-likeness (QED) is 0.664. The van der Waals surface area contributed by atoms with Crippen LogP contribution in [-0.2, 0) is 4.65 Å². The Kier molecular flexibility index (Phi) is 3.31. The molecular weight excluding hydrogens is 331 g/mol. The van der Waals surface area contributed by atoms with Gasteiger partial charge in [-0.25, -0.2) is 0 Å². The Morgan fingerprint density at radius 2 is 1.79 bits per heavy atom. The van der Waals surface area contributed by atoms with Gasteiger partial charge in [0, 0.05) is 24.8 Å². The molecule has 1 aromatic heterocycles. The Balaban J connectivity index is 1.84.